The number of hydrogen-bond donors (Lipinski definition) is 1. The van der Waals surface area contributed by atoms with Crippen molar-refractivity contribution in [2.45, 2.75) is 35.4 Å². The Labute approximate surface area is 387 Å². The van der Waals surface area contributed by atoms with Crippen molar-refractivity contribution in [2.75, 3.05) is 78.4 Å². The average Bonchev–Trinajstić information content (AvgIpc) is 3.37. The summed E-state index contributed by atoms with van der Waals surface area (Å²) >= 11 is 1.71. The van der Waals surface area contributed by atoms with Crippen LogP contribution in [-0.2, 0) is 23.7 Å². The van der Waals surface area contributed by atoms with Crippen LogP contribution in [0.3, 0.4) is 0 Å². The van der Waals surface area contributed by atoms with Gasteiger partial charge in [0.25, 0.3) is 0 Å². The molecule has 0 aliphatic rings. The van der Waals surface area contributed by atoms with Crippen LogP contribution in [0.25, 0.3) is 0 Å². The molecule has 5 unspecified atom stereocenters. The Bertz CT molecular complexity index is 2010. The van der Waals surface area contributed by atoms with Gasteiger partial charge in [0.15, 0.2) is 0 Å². The zero-order chi connectivity index (χ0) is 44.8. The number of aliphatic hydroxyl groups is 1. The Morgan fingerprint density at radius 1 is 0.308 bits per heavy atom. The Morgan fingerprint density at radius 3 is 0.877 bits per heavy atom. The van der Waals surface area contributed by atoms with Gasteiger partial charge in [-0.1, -0.05) is 109 Å². The van der Waals surface area contributed by atoms with Crippen molar-refractivity contribution in [3.63, 3.8) is 0 Å². The number of ether oxygens (including phenoxy) is 10. The monoisotopic (exact) mass is 904 g/mol. The van der Waals surface area contributed by atoms with E-state index >= 15 is 0 Å². The smallest absolute Gasteiger partial charge is 0.119 e. The molecule has 0 fully saturated rings. The van der Waals surface area contributed by atoms with E-state index in [1.165, 1.54) is 0 Å². The molecule has 0 aromatic heterocycles. The maximum Gasteiger partial charge on any atom is 0.119 e. The van der Waals surface area contributed by atoms with Gasteiger partial charge < -0.3 is 52.5 Å². The maximum absolute atomic E-state index is 9.55. The molecule has 11 nitrogen and oxygen atoms in total. The standard InChI is InChI=1S/C53H60O11S/c54-31-32-55-48(33-56-43-19-7-1-8-20-43)34-61-49(35-57-44-21-9-2-10-22-44)38-62-50(36-58-45-23-11-3-12-24-45)39-63-51(37-59-46-25-13-4-14-26-46)40-64-52(41-60-47-27-15-5-16-28-47)42-65-53-29-17-6-18-30-53/h1-30,48-52,54H,31-42H2. The van der Waals surface area contributed by atoms with Crippen molar-refractivity contribution in [3.05, 3.63) is 182 Å². The van der Waals surface area contributed by atoms with Crippen molar-refractivity contribution < 1.29 is 52.5 Å². The van der Waals surface area contributed by atoms with Gasteiger partial charge in [-0.25, -0.2) is 0 Å². The predicted octanol–water partition coefficient (Wildman–Crippen LogP) is 9.09. The fourth-order valence-electron chi connectivity index (χ4n) is 6.15. The molecule has 0 saturated carbocycles. The van der Waals surface area contributed by atoms with E-state index in [1.54, 1.807) is 11.8 Å². The molecule has 0 aliphatic heterocycles. The Balaban J connectivity index is 1.13. The first-order valence-corrected chi connectivity index (χ1v) is 22.9. The summed E-state index contributed by atoms with van der Waals surface area (Å²) in [6, 6.07) is 58.2. The summed E-state index contributed by atoms with van der Waals surface area (Å²) in [5.74, 6) is 4.26. The van der Waals surface area contributed by atoms with Crippen LogP contribution in [0.2, 0.25) is 0 Å². The molecule has 0 aliphatic carbocycles. The fraction of sp³-hybridized carbons (Fsp3) is 0.321. The highest BCUT2D eigenvalue weighted by Crippen LogP contribution is 2.21. The first-order valence-electron chi connectivity index (χ1n) is 21.9. The summed E-state index contributed by atoms with van der Waals surface area (Å²) in [6.07, 6.45) is -2.28. The molecule has 0 radical (unpaired) electrons. The van der Waals surface area contributed by atoms with Gasteiger partial charge in [0.2, 0.25) is 0 Å². The number of para-hydroxylation sites is 5. The van der Waals surface area contributed by atoms with Gasteiger partial charge in [-0.2, -0.15) is 0 Å². The highest BCUT2D eigenvalue weighted by Gasteiger charge is 2.23. The van der Waals surface area contributed by atoms with Crippen molar-refractivity contribution in [3.8, 4) is 28.7 Å². The molecule has 5 atom stereocenters. The quantitative estimate of drug-likeness (QED) is 0.0398. The molecule has 0 spiro atoms. The molecule has 6 aromatic carbocycles. The molecule has 65 heavy (non-hydrogen) atoms. The highest BCUT2D eigenvalue weighted by molar-refractivity contribution is 7.99. The van der Waals surface area contributed by atoms with Gasteiger partial charge in [-0.3, -0.25) is 0 Å². The average molecular weight is 905 g/mol. The summed E-state index contributed by atoms with van der Waals surface area (Å²) in [5, 5.41) is 9.55. The van der Waals surface area contributed by atoms with Crippen LogP contribution in [0, 0.1) is 0 Å². The summed E-state index contributed by atoms with van der Waals surface area (Å²) in [4.78, 5) is 1.14. The van der Waals surface area contributed by atoms with Crippen molar-refractivity contribution in [1.29, 1.82) is 0 Å². The number of aliphatic hydroxyl groups excluding tert-OH is 1. The molecule has 0 heterocycles. The third-order valence-electron chi connectivity index (χ3n) is 9.59. The second-order valence-corrected chi connectivity index (χ2v) is 15.9. The largest absolute Gasteiger partial charge is 0.491 e. The Kier molecular flexibility index (Phi) is 22.4. The van der Waals surface area contributed by atoms with E-state index in [-0.39, 0.29) is 72.2 Å². The molecule has 344 valence electrons. The molecule has 0 saturated heterocycles. The van der Waals surface area contributed by atoms with Crippen LogP contribution in [0.4, 0.5) is 0 Å². The fourth-order valence-corrected chi connectivity index (χ4v) is 7.07. The van der Waals surface area contributed by atoms with E-state index in [9.17, 15) is 5.11 Å². The van der Waals surface area contributed by atoms with Crippen LogP contribution in [0.1, 0.15) is 0 Å². The minimum atomic E-state index is -0.536. The number of benzene rings is 6. The molecule has 6 rings (SSSR count). The van der Waals surface area contributed by atoms with Crippen LogP contribution in [0.15, 0.2) is 187 Å². The summed E-state index contributed by atoms with van der Waals surface area (Å²) < 4.78 is 63.0. The van der Waals surface area contributed by atoms with Crippen LogP contribution < -0.4 is 23.7 Å². The van der Waals surface area contributed by atoms with Crippen LogP contribution >= 0.6 is 11.8 Å². The minimum Gasteiger partial charge on any atom is -0.491 e. The molecule has 6 aromatic rings. The lowest BCUT2D eigenvalue weighted by molar-refractivity contribution is -0.128. The zero-order valence-corrected chi connectivity index (χ0v) is 37.4. The van der Waals surface area contributed by atoms with Crippen molar-refractivity contribution >= 4 is 11.8 Å². The van der Waals surface area contributed by atoms with Crippen molar-refractivity contribution in [2.24, 2.45) is 0 Å². The van der Waals surface area contributed by atoms with Gasteiger partial charge >= 0.3 is 0 Å². The number of hydrogen-bond acceptors (Lipinski definition) is 12. The molecule has 12 heteroatoms. The minimum absolute atomic E-state index is 0.133. The van der Waals surface area contributed by atoms with Crippen LogP contribution in [-0.4, -0.2) is 114 Å². The SMILES string of the molecule is OCCOC(COc1ccccc1)COC(COc1ccccc1)COC(COc1ccccc1)COC(COc1ccccc1)COC(COc1ccccc1)CSc1ccccc1. The maximum atomic E-state index is 9.55. The third-order valence-corrected chi connectivity index (χ3v) is 10.7. The van der Waals surface area contributed by atoms with Gasteiger partial charge in [-0.15, -0.1) is 11.8 Å². The lowest BCUT2D eigenvalue weighted by atomic mass is 10.3. The molecule has 0 amide bonds. The van der Waals surface area contributed by atoms with Crippen LogP contribution in [0.5, 0.6) is 28.7 Å². The number of rotatable bonds is 33. The number of thioether (sulfide) groups is 1. The molecular weight excluding hydrogens is 845 g/mol. The van der Waals surface area contributed by atoms with Gasteiger partial charge in [0.05, 0.1) is 39.6 Å². The van der Waals surface area contributed by atoms with E-state index in [1.807, 2.05) is 170 Å². The van der Waals surface area contributed by atoms with E-state index in [0.717, 1.165) is 16.4 Å². The predicted molar refractivity (Wildman–Crippen MR) is 253 cm³/mol. The lowest BCUT2D eigenvalue weighted by Crippen LogP contribution is -2.39. The second-order valence-electron chi connectivity index (χ2n) is 14.8. The van der Waals surface area contributed by atoms with Gasteiger partial charge in [-0.05, 0) is 72.8 Å². The lowest BCUT2D eigenvalue weighted by Gasteiger charge is -2.27. The normalized spacial score (nSPS) is 13.5. The summed E-state index contributed by atoms with van der Waals surface area (Å²) in [6.45, 7) is 1.87. The first kappa shape index (κ1) is 48.9. The topological polar surface area (TPSA) is 113 Å². The second kappa shape index (κ2) is 29.8. The molecule has 0 bridgehead atoms. The Hall–Kier alpha value is -5.57. The van der Waals surface area contributed by atoms with E-state index in [2.05, 4.69) is 12.1 Å². The zero-order valence-electron chi connectivity index (χ0n) is 36.6. The van der Waals surface area contributed by atoms with E-state index in [4.69, 9.17) is 47.4 Å². The molecule has 1 N–H and O–H groups in total. The summed E-state index contributed by atoms with van der Waals surface area (Å²) in [7, 11) is 0. The Morgan fingerprint density at radius 2 is 0.569 bits per heavy atom. The van der Waals surface area contributed by atoms with E-state index in [0.29, 0.717) is 29.6 Å². The first-order chi connectivity index (χ1) is 32.2. The molecular formula is C53H60O11S. The highest BCUT2D eigenvalue weighted by atomic mass is 32.2. The van der Waals surface area contributed by atoms with Gasteiger partial charge in [0.1, 0.15) is 92.3 Å². The van der Waals surface area contributed by atoms with Gasteiger partial charge in [0, 0.05) is 10.6 Å². The van der Waals surface area contributed by atoms with Crippen molar-refractivity contribution in [1.82, 2.24) is 0 Å². The third kappa shape index (κ3) is 20.0. The summed E-state index contributed by atoms with van der Waals surface area (Å²) in [5.41, 5.74) is 0. The van der Waals surface area contributed by atoms with E-state index < -0.39 is 24.4 Å².